The smallest absolute Gasteiger partial charge is 0.265 e. The van der Waals surface area contributed by atoms with Crippen molar-refractivity contribution in [3.63, 3.8) is 0 Å². The molecule has 2 N–H and O–H groups in total. The highest BCUT2D eigenvalue weighted by atomic mass is 35.5. The van der Waals surface area contributed by atoms with Gasteiger partial charge in [0.15, 0.2) is 6.61 Å². The molecule has 0 radical (unpaired) electrons. The average Bonchev–Trinajstić information content (AvgIpc) is 2.74. The van der Waals surface area contributed by atoms with Gasteiger partial charge in [0, 0.05) is 5.69 Å². The molecule has 0 atom stereocenters. The maximum Gasteiger partial charge on any atom is 0.265 e. The van der Waals surface area contributed by atoms with Crippen LogP contribution < -0.4 is 19.5 Å². The molecule has 0 aliphatic carbocycles. The first-order valence-corrected chi connectivity index (χ1v) is 10.7. The molecule has 1 amide bonds. The van der Waals surface area contributed by atoms with Crippen LogP contribution in [-0.4, -0.2) is 28.0 Å². The third-order valence-electron chi connectivity index (χ3n) is 3.97. The number of benzene rings is 3. The largest absolute Gasteiger partial charge is 0.495 e. The fourth-order valence-electron chi connectivity index (χ4n) is 2.57. The number of amides is 1. The van der Waals surface area contributed by atoms with Gasteiger partial charge < -0.3 is 14.8 Å². The van der Waals surface area contributed by atoms with E-state index in [0.29, 0.717) is 5.75 Å². The van der Waals surface area contributed by atoms with Gasteiger partial charge in [-0.2, -0.15) is 0 Å². The summed E-state index contributed by atoms with van der Waals surface area (Å²) in [6, 6.07) is 19.6. The molecule has 9 heteroatoms. The van der Waals surface area contributed by atoms with E-state index in [1.165, 1.54) is 25.3 Å². The molecule has 0 spiro atoms. The molecule has 0 aliphatic rings. The van der Waals surface area contributed by atoms with Crippen molar-refractivity contribution in [2.75, 3.05) is 23.8 Å². The van der Waals surface area contributed by atoms with Gasteiger partial charge in [-0.3, -0.25) is 9.52 Å². The third-order valence-corrected chi connectivity index (χ3v) is 5.68. The lowest BCUT2D eigenvalue weighted by atomic mass is 10.3. The van der Waals surface area contributed by atoms with Gasteiger partial charge in [-0.25, -0.2) is 8.42 Å². The second kappa shape index (κ2) is 9.51. The molecule has 0 saturated heterocycles. The van der Waals surface area contributed by atoms with E-state index in [1.54, 1.807) is 48.5 Å². The Kier molecular flexibility index (Phi) is 6.81. The van der Waals surface area contributed by atoms with E-state index >= 15 is 0 Å². The standard InChI is InChI=1S/C21H19ClN2O5S/c1-28-19-12-11-15(23-21(25)14-29-16-7-3-2-4-8-16)13-20(19)30(26,27)24-18-10-6-5-9-17(18)22/h2-13,24H,14H2,1H3,(H,23,25). The van der Waals surface area contributed by atoms with Gasteiger partial charge in [-0.1, -0.05) is 41.9 Å². The zero-order valence-electron chi connectivity index (χ0n) is 16.0. The first kappa shape index (κ1) is 21.5. The first-order valence-electron chi connectivity index (χ1n) is 8.82. The Balaban J connectivity index is 1.77. The Hall–Kier alpha value is -3.23. The second-order valence-electron chi connectivity index (χ2n) is 6.10. The minimum Gasteiger partial charge on any atom is -0.495 e. The van der Waals surface area contributed by atoms with Crippen LogP contribution in [0.2, 0.25) is 5.02 Å². The zero-order chi connectivity index (χ0) is 21.6. The predicted molar refractivity (Wildman–Crippen MR) is 116 cm³/mol. The van der Waals surface area contributed by atoms with Gasteiger partial charge in [0.25, 0.3) is 15.9 Å². The van der Waals surface area contributed by atoms with Crippen molar-refractivity contribution in [1.82, 2.24) is 0 Å². The summed E-state index contributed by atoms with van der Waals surface area (Å²) in [7, 11) is -2.68. The molecule has 3 rings (SSSR count). The monoisotopic (exact) mass is 446 g/mol. The molecular formula is C21H19ClN2O5S. The quantitative estimate of drug-likeness (QED) is 0.541. The topological polar surface area (TPSA) is 93.7 Å². The van der Waals surface area contributed by atoms with Crippen molar-refractivity contribution >= 4 is 38.9 Å². The summed E-state index contributed by atoms with van der Waals surface area (Å²) in [6.07, 6.45) is 0. The van der Waals surface area contributed by atoms with Crippen molar-refractivity contribution in [3.8, 4) is 11.5 Å². The van der Waals surface area contributed by atoms with Crippen LogP contribution in [0.5, 0.6) is 11.5 Å². The Bertz CT molecular complexity index is 1140. The number of ether oxygens (including phenoxy) is 2. The van der Waals surface area contributed by atoms with Gasteiger partial charge in [-0.15, -0.1) is 0 Å². The van der Waals surface area contributed by atoms with E-state index in [-0.39, 0.29) is 33.6 Å². The van der Waals surface area contributed by atoms with Crippen LogP contribution in [0.1, 0.15) is 0 Å². The highest BCUT2D eigenvalue weighted by molar-refractivity contribution is 7.92. The second-order valence-corrected chi connectivity index (χ2v) is 8.16. The number of nitrogens with one attached hydrogen (secondary N) is 2. The number of para-hydroxylation sites is 2. The SMILES string of the molecule is COc1ccc(NC(=O)COc2ccccc2)cc1S(=O)(=O)Nc1ccccc1Cl. The number of anilines is 2. The normalized spacial score (nSPS) is 10.9. The summed E-state index contributed by atoms with van der Waals surface area (Å²) in [5, 5.41) is 2.87. The lowest BCUT2D eigenvalue weighted by molar-refractivity contribution is -0.118. The number of carbonyl (C=O) groups excluding carboxylic acids is 1. The molecule has 3 aromatic rings. The van der Waals surface area contributed by atoms with Crippen molar-refractivity contribution in [2.45, 2.75) is 4.90 Å². The van der Waals surface area contributed by atoms with Crippen molar-refractivity contribution in [1.29, 1.82) is 0 Å². The fourth-order valence-corrected chi connectivity index (χ4v) is 4.09. The van der Waals surface area contributed by atoms with E-state index in [0.717, 1.165) is 0 Å². The number of hydrogen-bond donors (Lipinski definition) is 2. The van der Waals surface area contributed by atoms with E-state index in [2.05, 4.69) is 10.0 Å². The Morgan fingerprint density at radius 1 is 1.00 bits per heavy atom. The molecule has 156 valence electrons. The summed E-state index contributed by atoms with van der Waals surface area (Å²) < 4.78 is 38.8. The molecule has 3 aromatic carbocycles. The maximum absolute atomic E-state index is 12.9. The van der Waals surface area contributed by atoms with E-state index in [4.69, 9.17) is 21.1 Å². The third kappa shape index (κ3) is 5.43. The summed E-state index contributed by atoms with van der Waals surface area (Å²) in [6.45, 7) is -0.226. The van der Waals surface area contributed by atoms with Crippen LogP contribution in [0, 0.1) is 0 Å². The number of halogens is 1. The number of hydrogen-bond acceptors (Lipinski definition) is 5. The summed E-state index contributed by atoms with van der Waals surface area (Å²) in [4.78, 5) is 12.0. The summed E-state index contributed by atoms with van der Waals surface area (Å²) in [5.41, 5.74) is 0.504. The highest BCUT2D eigenvalue weighted by Crippen LogP contribution is 2.30. The van der Waals surface area contributed by atoms with Gasteiger partial charge in [0.05, 0.1) is 17.8 Å². The molecule has 0 unspecified atom stereocenters. The van der Waals surface area contributed by atoms with Crippen LogP contribution in [0.15, 0.2) is 77.7 Å². The molecule has 30 heavy (non-hydrogen) atoms. The highest BCUT2D eigenvalue weighted by Gasteiger charge is 2.22. The number of sulfonamides is 1. The maximum atomic E-state index is 12.9. The molecule has 0 bridgehead atoms. The Morgan fingerprint density at radius 2 is 1.70 bits per heavy atom. The van der Waals surface area contributed by atoms with Crippen LogP contribution in [0.3, 0.4) is 0 Å². The van der Waals surface area contributed by atoms with E-state index in [1.807, 2.05) is 6.07 Å². The Labute approximate surface area is 179 Å². The van der Waals surface area contributed by atoms with Crippen LogP contribution in [0.25, 0.3) is 0 Å². The van der Waals surface area contributed by atoms with E-state index < -0.39 is 15.9 Å². The molecule has 7 nitrogen and oxygen atoms in total. The lowest BCUT2D eigenvalue weighted by Gasteiger charge is -2.14. The number of rotatable bonds is 8. The van der Waals surface area contributed by atoms with Crippen molar-refractivity contribution in [3.05, 3.63) is 77.8 Å². The number of carbonyl (C=O) groups is 1. The van der Waals surface area contributed by atoms with Gasteiger partial charge in [-0.05, 0) is 42.5 Å². The molecule has 0 fully saturated rings. The van der Waals surface area contributed by atoms with Crippen molar-refractivity contribution < 1.29 is 22.7 Å². The van der Waals surface area contributed by atoms with Crippen LogP contribution in [0.4, 0.5) is 11.4 Å². The molecular weight excluding hydrogens is 428 g/mol. The molecule has 0 aliphatic heterocycles. The van der Waals surface area contributed by atoms with Gasteiger partial charge in [0.1, 0.15) is 16.4 Å². The average molecular weight is 447 g/mol. The number of methoxy groups -OCH3 is 1. The molecule has 0 aromatic heterocycles. The molecule has 0 heterocycles. The Morgan fingerprint density at radius 3 is 2.40 bits per heavy atom. The fraction of sp³-hybridized carbons (Fsp3) is 0.0952. The van der Waals surface area contributed by atoms with Gasteiger partial charge >= 0.3 is 0 Å². The van der Waals surface area contributed by atoms with Gasteiger partial charge in [0.2, 0.25) is 0 Å². The van der Waals surface area contributed by atoms with E-state index in [9.17, 15) is 13.2 Å². The first-order chi connectivity index (χ1) is 14.4. The lowest BCUT2D eigenvalue weighted by Crippen LogP contribution is -2.21. The van der Waals surface area contributed by atoms with Crippen LogP contribution >= 0.6 is 11.6 Å². The minimum atomic E-state index is -4.03. The summed E-state index contributed by atoms with van der Waals surface area (Å²) in [5.74, 6) is 0.231. The summed E-state index contributed by atoms with van der Waals surface area (Å²) >= 11 is 6.05. The molecule has 0 saturated carbocycles. The predicted octanol–water partition coefficient (Wildman–Crippen LogP) is 4.17. The minimum absolute atomic E-state index is 0.119. The van der Waals surface area contributed by atoms with Crippen molar-refractivity contribution in [2.24, 2.45) is 0 Å². The van der Waals surface area contributed by atoms with Crippen LogP contribution in [-0.2, 0) is 14.8 Å². The zero-order valence-corrected chi connectivity index (χ0v) is 17.5.